The molecule has 0 aliphatic carbocycles. The van der Waals surface area contributed by atoms with Gasteiger partial charge in [0.15, 0.2) is 0 Å². The smallest absolute Gasteiger partial charge is 0.134 e. The fraction of sp³-hybridized carbons (Fsp3) is 0.765. The average Bonchev–Trinajstić information content (AvgIpc) is 2.55. The van der Waals surface area contributed by atoms with E-state index >= 15 is 0 Å². The molecule has 1 aliphatic rings. The van der Waals surface area contributed by atoms with E-state index in [1.807, 2.05) is 0 Å². The van der Waals surface area contributed by atoms with E-state index in [4.69, 9.17) is 4.98 Å². The van der Waals surface area contributed by atoms with Crippen molar-refractivity contribution in [1.29, 1.82) is 0 Å². The van der Waals surface area contributed by atoms with Gasteiger partial charge in [-0.2, -0.15) is 0 Å². The van der Waals surface area contributed by atoms with Gasteiger partial charge in [-0.05, 0) is 25.2 Å². The lowest BCUT2D eigenvalue weighted by molar-refractivity contribution is 0.199. The first-order chi connectivity index (χ1) is 10.2. The Bertz CT molecular complexity index is 444. The highest BCUT2D eigenvalue weighted by Gasteiger charge is 2.31. The molecule has 0 atom stereocenters. The second-order valence-electron chi connectivity index (χ2n) is 6.11. The Hall–Kier alpha value is -1.32. The summed E-state index contributed by atoms with van der Waals surface area (Å²) in [4.78, 5) is 11.7. The Labute approximate surface area is 129 Å². The Morgan fingerprint density at radius 3 is 2.29 bits per heavy atom. The largest absolute Gasteiger partial charge is 0.370 e. The van der Waals surface area contributed by atoms with Crippen molar-refractivity contribution in [2.45, 2.75) is 59.8 Å². The number of hydrogen-bond donors (Lipinski definition) is 1. The van der Waals surface area contributed by atoms with Gasteiger partial charge in [0.25, 0.3) is 0 Å². The molecule has 1 aromatic rings. The minimum absolute atomic E-state index is 0.557. The van der Waals surface area contributed by atoms with Crippen molar-refractivity contribution in [3.63, 3.8) is 0 Å². The highest BCUT2D eigenvalue weighted by Crippen LogP contribution is 2.38. The molecule has 0 saturated carbocycles. The Morgan fingerprint density at radius 2 is 1.76 bits per heavy atom. The molecule has 0 bridgehead atoms. The van der Waals surface area contributed by atoms with Gasteiger partial charge in [-0.3, -0.25) is 0 Å². The molecule has 1 aromatic heterocycles. The van der Waals surface area contributed by atoms with Crippen LogP contribution in [0.25, 0.3) is 0 Å². The van der Waals surface area contributed by atoms with Crippen LogP contribution in [-0.2, 0) is 6.42 Å². The lowest BCUT2D eigenvalue weighted by Gasteiger charge is -2.41. The zero-order valence-electron chi connectivity index (χ0n) is 14.1. The zero-order valence-corrected chi connectivity index (χ0v) is 14.1. The first-order valence-electron chi connectivity index (χ1n) is 8.53. The Kier molecular flexibility index (Phi) is 5.43. The fourth-order valence-corrected chi connectivity index (χ4v) is 3.24. The third kappa shape index (κ3) is 3.66. The maximum Gasteiger partial charge on any atom is 0.134 e. The number of nitrogens with one attached hydrogen (secondary N) is 1. The van der Waals surface area contributed by atoms with Crippen molar-refractivity contribution >= 4 is 11.6 Å². The molecule has 0 unspecified atom stereocenters. The van der Waals surface area contributed by atoms with Crippen LogP contribution < -0.4 is 10.2 Å². The summed E-state index contributed by atoms with van der Waals surface area (Å²) in [5.74, 6) is 2.99. The molecule has 1 N–H and O–H groups in total. The van der Waals surface area contributed by atoms with Gasteiger partial charge in [0.05, 0.1) is 0 Å². The fourth-order valence-electron chi connectivity index (χ4n) is 3.24. The van der Waals surface area contributed by atoms with E-state index in [1.54, 1.807) is 0 Å². The molecule has 4 nitrogen and oxygen atoms in total. The van der Waals surface area contributed by atoms with E-state index in [2.05, 4.69) is 49.0 Å². The molecule has 2 rings (SSSR count). The lowest BCUT2D eigenvalue weighted by Crippen LogP contribution is -2.40. The summed E-state index contributed by atoms with van der Waals surface area (Å²) in [7, 11) is 0. The summed E-state index contributed by atoms with van der Waals surface area (Å²) in [6, 6.07) is 2.10. The van der Waals surface area contributed by atoms with Crippen LogP contribution in [0.3, 0.4) is 0 Å². The SMILES string of the molecule is CCNc1cc(N2CCC(CC)(CC)CC2)nc(CC)n1. The number of rotatable bonds is 6. The van der Waals surface area contributed by atoms with E-state index < -0.39 is 0 Å². The normalized spacial score (nSPS) is 17.8. The summed E-state index contributed by atoms with van der Waals surface area (Å²) in [5.41, 5.74) is 0.557. The van der Waals surface area contributed by atoms with Crippen LogP contribution in [-0.4, -0.2) is 29.6 Å². The third-order valence-corrected chi connectivity index (χ3v) is 5.08. The number of aryl methyl sites for hydroxylation is 1. The lowest BCUT2D eigenvalue weighted by atomic mass is 9.74. The van der Waals surface area contributed by atoms with Gasteiger partial charge in [0.2, 0.25) is 0 Å². The molecule has 1 saturated heterocycles. The summed E-state index contributed by atoms with van der Waals surface area (Å²) < 4.78 is 0. The predicted octanol–water partition coefficient (Wildman–Crippen LogP) is 3.88. The van der Waals surface area contributed by atoms with Crippen molar-refractivity contribution in [2.75, 3.05) is 29.9 Å². The van der Waals surface area contributed by atoms with E-state index in [0.29, 0.717) is 5.41 Å². The van der Waals surface area contributed by atoms with Gasteiger partial charge in [0.1, 0.15) is 17.5 Å². The van der Waals surface area contributed by atoms with Crippen LogP contribution in [0.4, 0.5) is 11.6 Å². The van der Waals surface area contributed by atoms with Gasteiger partial charge in [-0.1, -0.05) is 33.6 Å². The van der Waals surface area contributed by atoms with Crippen LogP contribution in [0.1, 0.15) is 59.2 Å². The van der Waals surface area contributed by atoms with Gasteiger partial charge in [-0.15, -0.1) is 0 Å². The van der Waals surface area contributed by atoms with Crippen molar-refractivity contribution in [3.05, 3.63) is 11.9 Å². The topological polar surface area (TPSA) is 41.0 Å². The molecule has 21 heavy (non-hydrogen) atoms. The van der Waals surface area contributed by atoms with Crippen LogP contribution in [0.5, 0.6) is 0 Å². The maximum atomic E-state index is 4.73. The third-order valence-electron chi connectivity index (χ3n) is 5.08. The van der Waals surface area contributed by atoms with Gasteiger partial charge in [-0.25, -0.2) is 9.97 Å². The molecule has 1 aliphatic heterocycles. The number of aromatic nitrogens is 2. The molecule has 1 fully saturated rings. The van der Waals surface area contributed by atoms with Crippen LogP contribution >= 0.6 is 0 Å². The molecule has 118 valence electrons. The summed E-state index contributed by atoms with van der Waals surface area (Å²) >= 11 is 0. The standard InChI is InChI=1S/C17H30N4/c1-5-14-19-15(18-8-4)13-16(20-14)21-11-9-17(6-2,7-3)10-12-21/h13H,5-12H2,1-4H3,(H,18,19,20). The second-order valence-corrected chi connectivity index (χ2v) is 6.11. The molecule has 0 aromatic carbocycles. The van der Waals surface area contributed by atoms with E-state index in [-0.39, 0.29) is 0 Å². The van der Waals surface area contributed by atoms with Crippen molar-refractivity contribution < 1.29 is 0 Å². The van der Waals surface area contributed by atoms with Crippen molar-refractivity contribution in [2.24, 2.45) is 5.41 Å². The van der Waals surface area contributed by atoms with Crippen LogP contribution in [0.15, 0.2) is 6.07 Å². The van der Waals surface area contributed by atoms with Crippen LogP contribution in [0.2, 0.25) is 0 Å². The highest BCUT2D eigenvalue weighted by atomic mass is 15.2. The van der Waals surface area contributed by atoms with Crippen molar-refractivity contribution in [1.82, 2.24) is 9.97 Å². The van der Waals surface area contributed by atoms with Gasteiger partial charge in [0, 0.05) is 32.1 Å². The van der Waals surface area contributed by atoms with Gasteiger partial charge >= 0.3 is 0 Å². The summed E-state index contributed by atoms with van der Waals surface area (Å²) in [5, 5.41) is 3.32. The molecule has 2 heterocycles. The number of nitrogens with zero attached hydrogens (tertiary/aromatic N) is 3. The molecular weight excluding hydrogens is 260 g/mol. The predicted molar refractivity (Wildman–Crippen MR) is 90.0 cm³/mol. The monoisotopic (exact) mass is 290 g/mol. The first-order valence-corrected chi connectivity index (χ1v) is 8.53. The van der Waals surface area contributed by atoms with Crippen molar-refractivity contribution in [3.8, 4) is 0 Å². The molecule has 0 radical (unpaired) electrons. The minimum atomic E-state index is 0.557. The van der Waals surface area contributed by atoms with E-state index in [1.165, 1.54) is 25.7 Å². The highest BCUT2D eigenvalue weighted by molar-refractivity contribution is 5.49. The number of piperidine rings is 1. The Morgan fingerprint density at radius 1 is 1.10 bits per heavy atom. The second kappa shape index (κ2) is 7.10. The summed E-state index contributed by atoms with van der Waals surface area (Å²) in [6.07, 6.45) is 6.03. The maximum absolute atomic E-state index is 4.73. The summed E-state index contributed by atoms with van der Waals surface area (Å²) in [6.45, 7) is 12.0. The number of anilines is 2. The average molecular weight is 290 g/mol. The minimum Gasteiger partial charge on any atom is -0.370 e. The molecule has 0 amide bonds. The van der Waals surface area contributed by atoms with E-state index in [9.17, 15) is 0 Å². The molecule has 4 heteroatoms. The number of hydrogen-bond acceptors (Lipinski definition) is 4. The quantitative estimate of drug-likeness (QED) is 0.863. The Balaban J connectivity index is 2.14. The van der Waals surface area contributed by atoms with Crippen LogP contribution in [0, 0.1) is 5.41 Å². The molecular formula is C17H30N4. The molecule has 0 spiro atoms. The van der Waals surface area contributed by atoms with Gasteiger partial charge < -0.3 is 10.2 Å². The van der Waals surface area contributed by atoms with E-state index in [0.717, 1.165) is 43.5 Å². The zero-order chi connectivity index (χ0) is 15.3. The first kappa shape index (κ1) is 16.1.